The first-order valence-corrected chi connectivity index (χ1v) is 7.74. The van der Waals surface area contributed by atoms with Crippen molar-refractivity contribution in [1.82, 2.24) is 10.6 Å². The van der Waals surface area contributed by atoms with Gasteiger partial charge in [0.05, 0.1) is 10.4 Å². The molecule has 0 saturated heterocycles. The number of rotatable bonds is 8. The lowest BCUT2D eigenvalue weighted by Crippen LogP contribution is -2.51. The molecule has 21 heavy (non-hydrogen) atoms. The molecule has 1 aromatic heterocycles. The first-order chi connectivity index (χ1) is 9.47. The third kappa shape index (κ3) is 6.93. The van der Waals surface area contributed by atoms with E-state index in [1.54, 1.807) is 13.0 Å². The molecule has 0 bridgehead atoms. The van der Waals surface area contributed by atoms with E-state index in [1.165, 1.54) is 11.3 Å². The van der Waals surface area contributed by atoms with Gasteiger partial charge in [0.25, 0.3) is 5.91 Å². The molecule has 0 aliphatic rings. The van der Waals surface area contributed by atoms with Crippen LogP contribution in [0.5, 0.6) is 0 Å². The molecular weight excluding hydrogens is 310 g/mol. The lowest BCUT2D eigenvalue weighted by Gasteiger charge is -2.22. The van der Waals surface area contributed by atoms with Crippen molar-refractivity contribution in [3.63, 3.8) is 0 Å². The fraction of sp³-hybridized carbons (Fsp3) is 0.571. The van der Waals surface area contributed by atoms with Crippen LogP contribution in [-0.4, -0.2) is 30.4 Å². The molecule has 0 fully saturated rings. The Bertz CT molecular complexity index is 435. The maximum absolute atomic E-state index is 11.8. The van der Waals surface area contributed by atoms with Crippen molar-refractivity contribution in [3.05, 3.63) is 22.4 Å². The second kappa shape index (κ2) is 9.76. The Kier molecular flexibility index (Phi) is 9.24. The monoisotopic (exact) mass is 333 g/mol. The van der Waals surface area contributed by atoms with Crippen LogP contribution in [-0.2, 0) is 4.79 Å². The van der Waals surface area contributed by atoms with Crippen molar-refractivity contribution < 1.29 is 9.59 Å². The van der Waals surface area contributed by atoms with E-state index in [9.17, 15) is 9.59 Å². The number of amides is 2. The zero-order valence-corrected chi connectivity index (χ0v) is 14.1. The highest BCUT2D eigenvalue weighted by atomic mass is 35.5. The van der Waals surface area contributed by atoms with E-state index >= 15 is 0 Å². The van der Waals surface area contributed by atoms with Crippen molar-refractivity contribution in [2.75, 3.05) is 13.1 Å². The summed E-state index contributed by atoms with van der Waals surface area (Å²) in [7, 11) is 0. The normalized spacial score (nSPS) is 12.9. The van der Waals surface area contributed by atoms with Gasteiger partial charge in [-0.1, -0.05) is 19.4 Å². The molecule has 4 N–H and O–H groups in total. The average molecular weight is 334 g/mol. The maximum Gasteiger partial charge on any atom is 0.261 e. The summed E-state index contributed by atoms with van der Waals surface area (Å²) in [5.41, 5.74) is 5.11. The summed E-state index contributed by atoms with van der Waals surface area (Å²) in [5.74, 6) is -0.204. The Morgan fingerprint density at radius 2 is 2.00 bits per heavy atom. The summed E-state index contributed by atoms with van der Waals surface area (Å²) < 4.78 is 0. The van der Waals surface area contributed by atoms with Crippen molar-refractivity contribution in [2.45, 2.75) is 38.6 Å². The van der Waals surface area contributed by atoms with Crippen molar-refractivity contribution >= 4 is 35.6 Å². The molecule has 7 heteroatoms. The van der Waals surface area contributed by atoms with Crippen LogP contribution in [0.3, 0.4) is 0 Å². The van der Waals surface area contributed by atoms with E-state index in [0.29, 0.717) is 30.8 Å². The molecule has 0 aliphatic heterocycles. The summed E-state index contributed by atoms with van der Waals surface area (Å²) in [6, 6.07) is 3.63. The second-order valence-electron chi connectivity index (χ2n) is 5.01. The molecule has 1 heterocycles. The Labute approximate surface area is 136 Å². The van der Waals surface area contributed by atoms with E-state index in [0.717, 1.165) is 6.42 Å². The fourth-order valence-corrected chi connectivity index (χ4v) is 2.46. The van der Waals surface area contributed by atoms with Crippen LogP contribution in [0.1, 0.15) is 42.8 Å². The number of halogens is 1. The molecule has 1 atom stereocenters. The zero-order valence-electron chi connectivity index (χ0n) is 12.5. The third-order valence-corrected chi connectivity index (χ3v) is 3.83. The first-order valence-electron chi connectivity index (χ1n) is 6.86. The summed E-state index contributed by atoms with van der Waals surface area (Å²) in [6.07, 6.45) is 2.22. The van der Waals surface area contributed by atoms with E-state index in [4.69, 9.17) is 5.73 Å². The number of hydrogen-bond acceptors (Lipinski definition) is 4. The predicted molar refractivity (Wildman–Crippen MR) is 89.0 cm³/mol. The van der Waals surface area contributed by atoms with Gasteiger partial charge in [-0.15, -0.1) is 23.7 Å². The van der Waals surface area contributed by atoms with Crippen LogP contribution >= 0.6 is 23.7 Å². The van der Waals surface area contributed by atoms with E-state index in [1.807, 2.05) is 18.4 Å². The molecule has 2 amide bonds. The molecule has 0 spiro atoms. The molecular formula is C14H24ClN3O2S. The van der Waals surface area contributed by atoms with E-state index in [2.05, 4.69) is 10.6 Å². The van der Waals surface area contributed by atoms with Crippen LogP contribution in [0, 0.1) is 0 Å². The smallest absolute Gasteiger partial charge is 0.261 e. The summed E-state index contributed by atoms with van der Waals surface area (Å²) in [5, 5.41) is 7.48. The molecule has 120 valence electrons. The van der Waals surface area contributed by atoms with E-state index < -0.39 is 5.54 Å². The van der Waals surface area contributed by atoms with Crippen molar-refractivity contribution in [2.24, 2.45) is 5.73 Å². The topological polar surface area (TPSA) is 84.2 Å². The molecule has 0 aromatic carbocycles. The molecule has 0 radical (unpaired) electrons. The van der Waals surface area contributed by atoms with Gasteiger partial charge in [0.15, 0.2) is 0 Å². The van der Waals surface area contributed by atoms with E-state index in [-0.39, 0.29) is 24.2 Å². The van der Waals surface area contributed by atoms with Gasteiger partial charge < -0.3 is 16.4 Å². The molecule has 1 aromatic rings. The minimum absolute atomic E-state index is 0. The third-order valence-electron chi connectivity index (χ3n) is 2.96. The van der Waals surface area contributed by atoms with Gasteiger partial charge in [-0.3, -0.25) is 9.59 Å². The molecule has 1 rings (SSSR count). The summed E-state index contributed by atoms with van der Waals surface area (Å²) >= 11 is 1.41. The lowest BCUT2D eigenvalue weighted by atomic mass is 9.96. The van der Waals surface area contributed by atoms with Crippen LogP contribution < -0.4 is 16.4 Å². The van der Waals surface area contributed by atoms with Crippen LogP contribution in [0.2, 0.25) is 0 Å². The number of nitrogens with one attached hydrogen (secondary N) is 2. The van der Waals surface area contributed by atoms with Gasteiger partial charge in [0.1, 0.15) is 0 Å². The molecule has 0 aliphatic carbocycles. The highest BCUT2D eigenvalue weighted by Crippen LogP contribution is 2.08. The van der Waals surface area contributed by atoms with Gasteiger partial charge in [0.2, 0.25) is 5.91 Å². The van der Waals surface area contributed by atoms with Gasteiger partial charge in [0, 0.05) is 13.1 Å². The average Bonchev–Trinajstić information content (AvgIpc) is 2.91. The second-order valence-corrected chi connectivity index (χ2v) is 5.96. The fourth-order valence-electron chi connectivity index (χ4n) is 1.82. The first kappa shape index (κ1) is 19.9. The quantitative estimate of drug-likeness (QED) is 0.635. The highest BCUT2D eigenvalue weighted by molar-refractivity contribution is 7.12. The van der Waals surface area contributed by atoms with Gasteiger partial charge in [-0.2, -0.15) is 0 Å². The Morgan fingerprint density at radius 1 is 1.33 bits per heavy atom. The van der Waals surface area contributed by atoms with Gasteiger partial charge in [-0.05, 0) is 31.2 Å². The molecule has 0 saturated carbocycles. The predicted octanol–water partition coefficient (Wildman–Crippen LogP) is 1.92. The summed E-state index contributed by atoms with van der Waals surface area (Å²) in [4.78, 5) is 24.2. The number of nitrogens with two attached hydrogens (primary N) is 1. The van der Waals surface area contributed by atoms with Crippen LogP contribution in [0.15, 0.2) is 17.5 Å². The van der Waals surface area contributed by atoms with Gasteiger partial charge in [-0.25, -0.2) is 0 Å². The number of thiophene rings is 1. The minimum Gasteiger partial charge on any atom is -0.354 e. The largest absolute Gasteiger partial charge is 0.354 e. The SMILES string of the molecule is CCCC(C)(N)C(=O)NCCCNC(=O)c1cccs1.Cl. The lowest BCUT2D eigenvalue weighted by molar-refractivity contribution is -0.126. The molecule has 1 unspecified atom stereocenters. The Balaban J connectivity index is 0.00000400. The maximum atomic E-state index is 11.8. The standard InChI is InChI=1S/C14H23N3O2S.ClH/c1-3-7-14(2,15)13(19)17-9-5-8-16-12(18)11-6-4-10-20-11;/h4,6,10H,3,5,7-9,15H2,1-2H3,(H,16,18)(H,17,19);1H. The Hall–Kier alpha value is -1.11. The van der Waals surface area contributed by atoms with Crippen LogP contribution in [0.4, 0.5) is 0 Å². The Morgan fingerprint density at radius 3 is 2.57 bits per heavy atom. The summed E-state index contributed by atoms with van der Waals surface area (Å²) in [6.45, 7) is 4.79. The van der Waals surface area contributed by atoms with Crippen molar-refractivity contribution in [1.29, 1.82) is 0 Å². The zero-order chi connectivity index (χ0) is 15.0. The number of carbonyl (C=O) groups excluding carboxylic acids is 2. The van der Waals surface area contributed by atoms with Crippen molar-refractivity contribution in [3.8, 4) is 0 Å². The number of hydrogen-bond donors (Lipinski definition) is 3. The minimum atomic E-state index is -0.811. The highest BCUT2D eigenvalue weighted by Gasteiger charge is 2.26. The molecule has 5 nitrogen and oxygen atoms in total. The van der Waals surface area contributed by atoms with Crippen LogP contribution in [0.25, 0.3) is 0 Å². The number of carbonyl (C=O) groups is 2. The van der Waals surface area contributed by atoms with Gasteiger partial charge >= 0.3 is 0 Å².